The molecule has 6 heteroatoms. The quantitative estimate of drug-likeness (QED) is 0.381. The number of rotatable bonds is 5. The number of carbonyl (C=O) groups is 1. The van der Waals surface area contributed by atoms with Gasteiger partial charge in [-0.05, 0) is 19.9 Å². The molecule has 0 spiro atoms. The SMILES string of the molecule is CCOC(=O)C(C=Nc1ccc(OC)nc1)=C(C)O. The van der Waals surface area contributed by atoms with Crippen LogP contribution in [0.1, 0.15) is 13.8 Å². The largest absolute Gasteiger partial charge is 0.512 e. The summed E-state index contributed by atoms with van der Waals surface area (Å²) in [5.74, 6) is -0.296. The van der Waals surface area contributed by atoms with Gasteiger partial charge >= 0.3 is 5.97 Å². The van der Waals surface area contributed by atoms with E-state index in [1.807, 2.05) is 0 Å². The van der Waals surface area contributed by atoms with Gasteiger partial charge in [-0.2, -0.15) is 0 Å². The maximum Gasteiger partial charge on any atom is 0.343 e. The van der Waals surface area contributed by atoms with Gasteiger partial charge in [0.05, 0.1) is 25.6 Å². The van der Waals surface area contributed by atoms with Crippen molar-refractivity contribution in [2.45, 2.75) is 13.8 Å². The van der Waals surface area contributed by atoms with Crippen LogP contribution in [-0.2, 0) is 9.53 Å². The third kappa shape index (κ3) is 4.42. The van der Waals surface area contributed by atoms with Gasteiger partial charge in [-0.1, -0.05) is 0 Å². The number of allylic oxidation sites excluding steroid dienone is 1. The zero-order chi connectivity index (χ0) is 14.3. The molecule has 0 radical (unpaired) electrons. The van der Waals surface area contributed by atoms with Crippen molar-refractivity contribution in [3.63, 3.8) is 0 Å². The number of aliphatic hydroxyl groups excluding tert-OH is 1. The third-order valence-corrected chi connectivity index (χ3v) is 2.16. The molecule has 0 fully saturated rings. The summed E-state index contributed by atoms with van der Waals surface area (Å²) < 4.78 is 9.72. The molecule has 0 aromatic carbocycles. The fraction of sp³-hybridized carbons (Fsp3) is 0.308. The van der Waals surface area contributed by atoms with Crippen LogP contribution in [0, 0.1) is 0 Å². The minimum atomic E-state index is -0.618. The van der Waals surface area contributed by atoms with Crippen LogP contribution in [0.2, 0.25) is 0 Å². The van der Waals surface area contributed by atoms with Gasteiger partial charge in [-0.15, -0.1) is 0 Å². The molecule has 1 aromatic rings. The average molecular weight is 264 g/mol. The van der Waals surface area contributed by atoms with Gasteiger partial charge in [0.25, 0.3) is 0 Å². The zero-order valence-electron chi connectivity index (χ0n) is 11.1. The van der Waals surface area contributed by atoms with Crippen LogP contribution in [0.4, 0.5) is 5.69 Å². The van der Waals surface area contributed by atoms with Crippen molar-refractivity contribution >= 4 is 17.9 Å². The first-order chi connectivity index (χ1) is 9.08. The van der Waals surface area contributed by atoms with Crippen LogP contribution in [0.15, 0.2) is 34.7 Å². The van der Waals surface area contributed by atoms with E-state index in [-0.39, 0.29) is 17.9 Å². The number of methoxy groups -OCH3 is 1. The minimum absolute atomic E-state index is 0.0117. The Hall–Kier alpha value is -2.37. The second kappa shape index (κ2) is 7.15. The van der Waals surface area contributed by atoms with Crippen molar-refractivity contribution in [2.24, 2.45) is 4.99 Å². The highest BCUT2D eigenvalue weighted by Gasteiger charge is 2.11. The third-order valence-electron chi connectivity index (χ3n) is 2.16. The van der Waals surface area contributed by atoms with Crippen molar-refractivity contribution in [3.05, 3.63) is 29.7 Å². The summed E-state index contributed by atoms with van der Waals surface area (Å²) in [7, 11) is 1.52. The Morgan fingerprint density at radius 1 is 1.53 bits per heavy atom. The van der Waals surface area contributed by atoms with Crippen LogP contribution in [0.5, 0.6) is 5.88 Å². The first-order valence-corrected chi connectivity index (χ1v) is 5.69. The molecule has 1 rings (SSSR count). The molecular weight excluding hydrogens is 248 g/mol. The molecule has 0 unspecified atom stereocenters. The van der Waals surface area contributed by atoms with Crippen LogP contribution in [0.25, 0.3) is 0 Å². The first-order valence-electron chi connectivity index (χ1n) is 5.69. The molecule has 0 saturated carbocycles. The lowest BCUT2D eigenvalue weighted by molar-refractivity contribution is -0.138. The van der Waals surface area contributed by atoms with Crippen LogP contribution in [0.3, 0.4) is 0 Å². The van der Waals surface area contributed by atoms with Gasteiger partial charge in [0.15, 0.2) is 0 Å². The summed E-state index contributed by atoms with van der Waals surface area (Å²) >= 11 is 0. The average Bonchev–Trinajstić information content (AvgIpc) is 2.39. The molecule has 0 aliphatic carbocycles. The van der Waals surface area contributed by atoms with E-state index in [0.717, 1.165) is 0 Å². The molecule has 19 heavy (non-hydrogen) atoms. The lowest BCUT2D eigenvalue weighted by Crippen LogP contribution is -2.10. The summed E-state index contributed by atoms with van der Waals surface area (Å²) in [6.45, 7) is 3.31. The smallest absolute Gasteiger partial charge is 0.343 e. The first kappa shape index (κ1) is 14.7. The number of pyridine rings is 1. The highest BCUT2D eigenvalue weighted by molar-refractivity contribution is 6.10. The lowest BCUT2D eigenvalue weighted by atomic mass is 10.2. The van der Waals surface area contributed by atoms with Crippen molar-refractivity contribution in [3.8, 4) is 5.88 Å². The molecule has 1 N–H and O–H groups in total. The maximum absolute atomic E-state index is 11.5. The van der Waals surface area contributed by atoms with E-state index in [1.54, 1.807) is 19.1 Å². The van der Waals surface area contributed by atoms with Gasteiger partial charge in [-0.3, -0.25) is 4.99 Å². The van der Waals surface area contributed by atoms with Gasteiger partial charge in [-0.25, -0.2) is 9.78 Å². The van der Waals surface area contributed by atoms with Gasteiger partial charge in [0, 0.05) is 12.3 Å². The van der Waals surface area contributed by atoms with E-state index >= 15 is 0 Å². The molecule has 1 aromatic heterocycles. The fourth-order valence-electron chi connectivity index (χ4n) is 1.21. The van der Waals surface area contributed by atoms with Gasteiger partial charge in [0.1, 0.15) is 11.3 Å². The summed E-state index contributed by atoms with van der Waals surface area (Å²) in [5, 5.41) is 9.42. The number of aromatic nitrogens is 1. The number of nitrogens with zero attached hydrogens (tertiary/aromatic N) is 2. The summed E-state index contributed by atoms with van der Waals surface area (Å²) in [5.41, 5.74) is 0.543. The number of hydrogen-bond acceptors (Lipinski definition) is 6. The van der Waals surface area contributed by atoms with E-state index in [0.29, 0.717) is 11.6 Å². The van der Waals surface area contributed by atoms with Gasteiger partial charge in [0.2, 0.25) is 5.88 Å². The Morgan fingerprint density at radius 2 is 2.26 bits per heavy atom. The maximum atomic E-state index is 11.5. The highest BCUT2D eigenvalue weighted by atomic mass is 16.5. The molecule has 0 bridgehead atoms. The summed E-state index contributed by atoms with van der Waals surface area (Å²) in [6, 6.07) is 3.32. The highest BCUT2D eigenvalue weighted by Crippen LogP contribution is 2.14. The molecule has 0 amide bonds. The second-order valence-electron chi connectivity index (χ2n) is 3.54. The number of carbonyl (C=O) groups excluding carboxylic acids is 1. The molecular formula is C13H16N2O4. The predicted octanol–water partition coefficient (Wildman–Crippen LogP) is 2.19. The van der Waals surface area contributed by atoms with E-state index in [2.05, 4.69) is 9.98 Å². The molecule has 0 saturated heterocycles. The molecule has 0 aliphatic rings. The molecule has 0 aliphatic heterocycles. The standard InChI is InChI=1S/C13H16N2O4/c1-4-19-13(17)11(9(2)16)8-14-10-5-6-12(18-3)15-7-10/h5-8,16H,4H2,1-3H3. The number of aliphatic hydroxyl groups is 1. The van der Waals surface area contributed by atoms with Crippen molar-refractivity contribution in [1.29, 1.82) is 0 Å². The minimum Gasteiger partial charge on any atom is -0.512 e. The van der Waals surface area contributed by atoms with E-state index in [1.165, 1.54) is 26.4 Å². The number of hydrogen-bond donors (Lipinski definition) is 1. The van der Waals surface area contributed by atoms with Crippen LogP contribution in [-0.4, -0.2) is 36.0 Å². The monoisotopic (exact) mass is 264 g/mol. The Kier molecular flexibility index (Phi) is 5.53. The fourth-order valence-corrected chi connectivity index (χ4v) is 1.21. The second-order valence-corrected chi connectivity index (χ2v) is 3.54. The Labute approximate surface area is 111 Å². The van der Waals surface area contributed by atoms with E-state index < -0.39 is 5.97 Å². The Balaban J connectivity index is 2.87. The van der Waals surface area contributed by atoms with Crippen molar-refractivity contribution in [1.82, 2.24) is 4.98 Å². The number of esters is 1. The Morgan fingerprint density at radius 3 is 2.74 bits per heavy atom. The summed E-state index contributed by atoms with van der Waals surface area (Å²) in [6.07, 6.45) is 2.74. The van der Waals surface area contributed by atoms with E-state index in [4.69, 9.17) is 9.47 Å². The summed E-state index contributed by atoms with van der Waals surface area (Å²) in [4.78, 5) is 19.6. The van der Waals surface area contributed by atoms with Gasteiger partial charge < -0.3 is 14.6 Å². The van der Waals surface area contributed by atoms with Crippen molar-refractivity contribution in [2.75, 3.05) is 13.7 Å². The lowest BCUT2D eigenvalue weighted by Gasteiger charge is -2.03. The molecule has 6 nitrogen and oxygen atoms in total. The van der Waals surface area contributed by atoms with Crippen LogP contribution >= 0.6 is 0 Å². The molecule has 0 atom stereocenters. The molecule has 102 valence electrons. The van der Waals surface area contributed by atoms with Crippen molar-refractivity contribution < 1.29 is 19.4 Å². The van der Waals surface area contributed by atoms with E-state index in [9.17, 15) is 9.90 Å². The number of ether oxygens (including phenoxy) is 2. The normalized spacial score (nSPS) is 12.2. The Bertz CT molecular complexity index is 488. The molecule has 1 heterocycles. The number of aliphatic imine (C=N–C) groups is 1. The topological polar surface area (TPSA) is 81.0 Å². The van der Waals surface area contributed by atoms with Crippen LogP contribution < -0.4 is 4.74 Å². The predicted molar refractivity (Wildman–Crippen MR) is 70.9 cm³/mol. The zero-order valence-corrected chi connectivity index (χ0v) is 11.1.